The first-order valence-corrected chi connectivity index (χ1v) is 12.0. The molecular weight excluding hydrogens is 362 g/mol. The molecule has 0 aromatic rings. The molecule has 2 heterocycles. The smallest absolute Gasteiger partial charge is 0.311 e. The van der Waals surface area contributed by atoms with Crippen molar-refractivity contribution in [3.8, 4) is 0 Å². The van der Waals surface area contributed by atoms with Crippen molar-refractivity contribution < 1.29 is 27.1 Å². The average molecular weight is 392 g/mol. The van der Waals surface area contributed by atoms with Crippen LogP contribution < -0.4 is 0 Å². The lowest BCUT2D eigenvalue weighted by atomic mass is 9.93. The van der Waals surface area contributed by atoms with Gasteiger partial charge in [-0.1, -0.05) is 38.5 Å². The highest BCUT2D eigenvalue weighted by Crippen LogP contribution is 2.54. The second-order valence-electron chi connectivity index (χ2n) is 7.77. The van der Waals surface area contributed by atoms with Crippen LogP contribution in [0.5, 0.6) is 0 Å². The Hall–Kier alpha value is 0.620. The monoisotopic (exact) mass is 392 g/mol. The summed E-state index contributed by atoms with van der Waals surface area (Å²) in [7, 11) is -2.41. The van der Waals surface area contributed by atoms with Crippen molar-refractivity contribution in [3.05, 3.63) is 0 Å². The van der Waals surface area contributed by atoms with Crippen molar-refractivity contribution in [2.45, 2.75) is 76.4 Å². The Balaban J connectivity index is 1.17. The zero-order valence-corrected chi connectivity index (χ0v) is 16.7. The molecule has 4 rings (SSSR count). The van der Waals surface area contributed by atoms with Crippen LogP contribution in [0.1, 0.15) is 64.2 Å². The summed E-state index contributed by atoms with van der Waals surface area (Å²) in [6, 6.07) is 0. The van der Waals surface area contributed by atoms with Crippen LogP contribution in [0.2, 0.25) is 0 Å². The molecule has 0 atom stereocenters. The Labute approximate surface area is 153 Å². The van der Waals surface area contributed by atoms with Crippen molar-refractivity contribution in [2.75, 3.05) is 26.4 Å². The molecule has 8 heteroatoms. The van der Waals surface area contributed by atoms with Crippen LogP contribution in [0.4, 0.5) is 0 Å². The fraction of sp³-hybridized carbons (Fsp3) is 1.00. The highest BCUT2D eigenvalue weighted by Gasteiger charge is 2.44. The van der Waals surface area contributed by atoms with Crippen molar-refractivity contribution in [2.24, 2.45) is 5.41 Å². The first-order chi connectivity index (χ1) is 12.3. The molecule has 144 valence electrons. The van der Waals surface area contributed by atoms with Gasteiger partial charge in [0.15, 0.2) is 0 Å². The van der Waals surface area contributed by atoms with Gasteiger partial charge in [-0.25, -0.2) is 0 Å². The number of hydrogen-bond donors (Lipinski definition) is 0. The van der Waals surface area contributed by atoms with Crippen LogP contribution in [-0.4, -0.2) is 38.6 Å². The summed E-state index contributed by atoms with van der Waals surface area (Å²) in [4.78, 5) is 0. The predicted molar refractivity (Wildman–Crippen MR) is 96.0 cm³/mol. The molecule has 0 N–H and O–H groups in total. The first kappa shape index (κ1) is 19.0. The van der Waals surface area contributed by atoms with E-state index in [-0.39, 0.29) is 5.41 Å². The summed E-state index contributed by atoms with van der Waals surface area (Å²) in [6.45, 7) is 2.33. The number of rotatable bonds is 4. The highest BCUT2D eigenvalue weighted by molar-refractivity contribution is 7.42. The molecule has 0 radical (unpaired) electrons. The lowest BCUT2D eigenvalue weighted by molar-refractivity contribution is -0.0836. The Bertz CT molecular complexity index is 356. The van der Waals surface area contributed by atoms with Gasteiger partial charge in [-0.3, -0.25) is 0 Å². The van der Waals surface area contributed by atoms with Crippen LogP contribution in [0, 0.1) is 5.41 Å². The molecule has 1 spiro atoms. The molecule has 4 fully saturated rings. The van der Waals surface area contributed by atoms with Crippen LogP contribution >= 0.6 is 17.2 Å². The SMILES string of the molecule is C1CCC(OP2OCC3(CO2)COP(OC2CCCCC2)OC3)CC1. The largest absolute Gasteiger partial charge is 0.332 e. The standard InChI is InChI=1S/C17H30O6P2/c1-3-7-15(8-4-1)22-24-18-11-17(12-19-24)13-20-25(21-14-17)23-16-9-5-2-6-10-16/h15-16H,1-14H2. The normalized spacial score (nSPS) is 38.9. The minimum Gasteiger partial charge on any atom is -0.311 e. The van der Waals surface area contributed by atoms with Gasteiger partial charge in [-0.05, 0) is 25.7 Å². The summed E-state index contributed by atoms with van der Waals surface area (Å²) in [5, 5.41) is 0. The van der Waals surface area contributed by atoms with Gasteiger partial charge in [0, 0.05) is 0 Å². The van der Waals surface area contributed by atoms with E-state index in [0.717, 1.165) is 25.7 Å². The van der Waals surface area contributed by atoms with Crippen molar-refractivity contribution >= 4 is 17.2 Å². The van der Waals surface area contributed by atoms with Crippen LogP contribution in [0.25, 0.3) is 0 Å². The van der Waals surface area contributed by atoms with Crippen molar-refractivity contribution in [1.82, 2.24) is 0 Å². The third kappa shape index (κ3) is 5.33. The second-order valence-corrected chi connectivity index (χ2v) is 10.1. The molecule has 2 saturated heterocycles. The van der Waals surface area contributed by atoms with E-state index in [1.807, 2.05) is 0 Å². The van der Waals surface area contributed by atoms with Gasteiger partial charge in [0.25, 0.3) is 0 Å². The molecular formula is C17H30O6P2. The van der Waals surface area contributed by atoms with E-state index in [4.69, 9.17) is 27.1 Å². The maximum atomic E-state index is 6.01. The quantitative estimate of drug-likeness (QED) is 0.612. The molecule has 0 amide bonds. The molecule has 0 unspecified atom stereocenters. The maximum Gasteiger partial charge on any atom is 0.332 e. The van der Waals surface area contributed by atoms with Gasteiger partial charge in [-0.15, -0.1) is 0 Å². The van der Waals surface area contributed by atoms with E-state index in [1.165, 1.54) is 38.5 Å². The Morgan fingerprint density at radius 1 is 0.560 bits per heavy atom. The molecule has 0 aromatic carbocycles. The summed E-state index contributed by atoms with van der Waals surface area (Å²) in [5.74, 6) is 0. The zero-order valence-electron chi connectivity index (χ0n) is 14.9. The van der Waals surface area contributed by atoms with E-state index >= 15 is 0 Å². The van der Waals surface area contributed by atoms with Crippen molar-refractivity contribution in [1.29, 1.82) is 0 Å². The van der Waals surface area contributed by atoms with E-state index in [0.29, 0.717) is 38.6 Å². The summed E-state index contributed by atoms with van der Waals surface area (Å²) in [5.41, 5.74) is -0.205. The average Bonchev–Trinajstić information content (AvgIpc) is 2.68. The lowest BCUT2D eigenvalue weighted by Gasteiger charge is -2.42. The van der Waals surface area contributed by atoms with Gasteiger partial charge in [-0.2, -0.15) is 0 Å². The van der Waals surface area contributed by atoms with Gasteiger partial charge in [0.2, 0.25) is 0 Å². The molecule has 0 aromatic heterocycles. The first-order valence-electron chi connectivity index (χ1n) is 9.77. The van der Waals surface area contributed by atoms with Crippen LogP contribution in [0.3, 0.4) is 0 Å². The van der Waals surface area contributed by atoms with E-state index in [1.54, 1.807) is 0 Å². The van der Waals surface area contributed by atoms with Gasteiger partial charge >= 0.3 is 17.2 Å². The highest BCUT2D eigenvalue weighted by atomic mass is 31.2. The second kappa shape index (κ2) is 9.21. The third-order valence-electron chi connectivity index (χ3n) is 5.48. The van der Waals surface area contributed by atoms with E-state index in [9.17, 15) is 0 Å². The molecule has 2 saturated carbocycles. The van der Waals surface area contributed by atoms with Gasteiger partial charge in [0.1, 0.15) is 0 Å². The minimum absolute atomic E-state index is 0.205. The topological polar surface area (TPSA) is 55.4 Å². The van der Waals surface area contributed by atoms with Gasteiger partial charge in [0.05, 0.1) is 44.1 Å². The summed E-state index contributed by atoms with van der Waals surface area (Å²) in [6.07, 6.45) is 12.8. The summed E-state index contributed by atoms with van der Waals surface area (Å²) >= 11 is 0. The Kier molecular flexibility index (Phi) is 6.98. The van der Waals surface area contributed by atoms with Gasteiger partial charge < -0.3 is 27.1 Å². The molecule has 25 heavy (non-hydrogen) atoms. The fourth-order valence-electron chi connectivity index (χ4n) is 3.79. The van der Waals surface area contributed by atoms with Crippen LogP contribution in [-0.2, 0) is 27.1 Å². The van der Waals surface area contributed by atoms with E-state index < -0.39 is 17.2 Å². The molecule has 0 bridgehead atoms. The lowest BCUT2D eigenvalue weighted by Crippen LogP contribution is -2.45. The van der Waals surface area contributed by atoms with Crippen molar-refractivity contribution in [3.63, 3.8) is 0 Å². The third-order valence-corrected chi connectivity index (χ3v) is 7.78. The molecule has 4 aliphatic rings. The minimum atomic E-state index is -1.21. The molecule has 2 aliphatic carbocycles. The van der Waals surface area contributed by atoms with Crippen LogP contribution in [0.15, 0.2) is 0 Å². The predicted octanol–water partition coefficient (Wildman–Crippen LogP) is 5.22. The molecule has 2 aliphatic heterocycles. The fourth-order valence-corrected chi connectivity index (χ4v) is 6.61. The van der Waals surface area contributed by atoms with E-state index in [2.05, 4.69) is 0 Å². The maximum absolute atomic E-state index is 6.01. The number of hydrogen-bond acceptors (Lipinski definition) is 6. The summed E-state index contributed by atoms with van der Waals surface area (Å²) < 4.78 is 35.6. The Morgan fingerprint density at radius 2 is 0.920 bits per heavy atom. The molecule has 6 nitrogen and oxygen atoms in total. The zero-order chi connectivity index (χ0) is 17.0. The Morgan fingerprint density at radius 3 is 1.28 bits per heavy atom.